The molecule has 1 heterocycles. The Balaban J connectivity index is 2.70. The number of rotatable bonds is 5. The van der Waals surface area contributed by atoms with Gasteiger partial charge in [-0.2, -0.15) is 0 Å². The molecule has 1 N–H and O–H groups in total. The van der Waals surface area contributed by atoms with E-state index in [2.05, 4.69) is 0 Å². The van der Waals surface area contributed by atoms with Gasteiger partial charge in [0.25, 0.3) is 0 Å². The molecule has 108 valence electrons. The summed E-state index contributed by atoms with van der Waals surface area (Å²) in [4.78, 5) is 37.7. The number of likely N-dealkylation sites (tertiary alicyclic amines) is 1. The Hall–Kier alpha value is -1.59. The van der Waals surface area contributed by atoms with E-state index in [9.17, 15) is 14.4 Å². The highest BCUT2D eigenvalue weighted by Gasteiger charge is 2.32. The standard InChI is InChI=1S/C13H22N2O4/c1-9(2)7-15(8-12(17)18)13(19)10-4-5-14(3)11(16)6-10/h9-10H,4-8H2,1-3H3,(H,17,18)/t10-/m1/s1. The minimum atomic E-state index is -1.02. The van der Waals surface area contributed by atoms with Crippen LogP contribution in [0.5, 0.6) is 0 Å². The minimum Gasteiger partial charge on any atom is -0.480 e. The first-order valence-electron chi connectivity index (χ1n) is 6.55. The molecular weight excluding hydrogens is 248 g/mol. The summed E-state index contributed by atoms with van der Waals surface area (Å²) in [7, 11) is 1.71. The number of carbonyl (C=O) groups excluding carboxylic acids is 2. The van der Waals surface area contributed by atoms with Crippen LogP contribution in [0.3, 0.4) is 0 Å². The third-order valence-electron chi connectivity index (χ3n) is 3.23. The number of carboxylic acids is 1. The van der Waals surface area contributed by atoms with Gasteiger partial charge in [-0.25, -0.2) is 0 Å². The van der Waals surface area contributed by atoms with E-state index in [4.69, 9.17) is 5.11 Å². The lowest BCUT2D eigenvalue weighted by Crippen LogP contribution is -2.46. The molecule has 6 nitrogen and oxygen atoms in total. The summed E-state index contributed by atoms with van der Waals surface area (Å²) in [6.07, 6.45) is 0.791. The van der Waals surface area contributed by atoms with Gasteiger partial charge in [0.2, 0.25) is 11.8 Å². The fourth-order valence-corrected chi connectivity index (χ4v) is 2.25. The highest BCUT2D eigenvalue weighted by Crippen LogP contribution is 2.20. The Bertz CT molecular complexity index is 368. The van der Waals surface area contributed by atoms with Crippen molar-refractivity contribution in [3.05, 3.63) is 0 Å². The zero-order valence-electron chi connectivity index (χ0n) is 11.8. The topological polar surface area (TPSA) is 77.9 Å². The number of piperidine rings is 1. The molecule has 1 fully saturated rings. The fraction of sp³-hybridized carbons (Fsp3) is 0.769. The second kappa shape index (κ2) is 6.54. The second-order valence-corrected chi connectivity index (χ2v) is 5.51. The molecule has 0 radical (unpaired) electrons. The van der Waals surface area contributed by atoms with E-state index in [-0.39, 0.29) is 36.6 Å². The van der Waals surface area contributed by atoms with E-state index in [1.54, 1.807) is 11.9 Å². The second-order valence-electron chi connectivity index (χ2n) is 5.51. The summed E-state index contributed by atoms with van der Waals surface area (Å²) in [5, 5.41) is 8.87. The number of hydrogen-bond acceptors (Lipinski definition) is 3. The molecule has 0 aromatic carbocycles. The van der Waals surface area contributed by atoms with Crippen LogP contribution in [-0.4, -0.2) is 59.4 Å². The Kier molecular flexibility index (Phi) is 5.32. The summed E-state index contributed by atoms with van der Waals surface area (Å²) in [6.45, 7) is 4.53. The number of carboxylic acid groups (broad SMARTS) is 1. The van der Waals surface area contributed by atoms with Crippen molar-refractivity contribution in [3.63, 3.8) is 0 Å². The maximum absolute atomic E-state index is 12.3. The Labute approximate surface area is 113 Å². The molecule has 1 aliphatic rings. The van der Waals surface area contributed by atoms with E-state index < -0.39 is 5.97 Å². The smallest absolute Gasteiger partial charge is 0.323 e. The van der Waals surface area contributed by atoms with Gasteiger partial charge in [0.15, 0.2) is 0 Å². The summed E-state index contributed by atoms with van der Waals surface area (Å²) < 4.78 is 0. The van der Waals surface area contributed by atoms with Crippen molar-refractivity contribution in [2.45, 2.75) is 26.7 Å². The zero-order chi connectivity index (χ0) is 14.6. The molecule has 0 bridgehead atoms. The van der Waals surface area contributed by atoms with Gasteiger partial charge in [-0.1, -0.05) is 13.8 Å². The third kappa shape index (κ3) is 4.54. The first-order chi connectivity index (χ1) is 8.81. The van der Waals surface area contributed by atoms with Crippen LogP contribution >= 0.6 is 0 Å². The summed E-state index contributed by atoms with van der Waals surface area (Å²) in [6, 6.07) is 0. The predicted molar refractivity (Wildman–Crippen MR) is 69.4 cm³/mol. The third-order valence-corrected chi connectivity index (χ3v) is 3.23. The first-order valence-corrected chi connectivity index (χ1v) is 6.55. The van der Waals surface area contributed by atoms with Crippen LogP contribution in [0.2, 0.25) is 0 Å². The van der Waals surface area contributed by atoms with Gasteiger partial charge >= 0.3 is 5.97 Å². The highest BCUT2D eigenvalue weighted by molar-refractivity contribution is 5.88. The van der Waals surface area contributed by atoms with Crippen LogP contribution in [0.4, 0.5) is 0 Å². The average Bonchev–Trinajstić information content (AvgIpc) is 2.29. The van der Waals surface area contributed by atoms with Crippen molar-refractivity contribution < 1.29 is 19.5 Å². The predicted octanol–water partition coefficient (Wildman–Crippen LogP) is 0.424. The summed E-state index contributed by atoms with van der Waals surface area (Å²) >= 11 is 0. The average molecular weight is 270 g/mol. The van der Waals surface area contributed by atoms with Crippen molar-refractivity contribution in [3.8, 4) is 0 Å². The van der Waals surface area contributed by atoms with Crippen molar-refractivity contribution >= 4 is 17.8 Å². The van der Waals surface area contributed by atoms with Gasteiger partial charge in [0.05, 0.1) is 0 Å². The van der Waals surface area contributed by atoms with Crippen LogP contribution in [0.1, 0.15) is 26.7 Å². The quantitative estimate of drug-likeness (QED) is 0.785. The fourth-order valence-electron chi connectivity index (χ4n) is 2.25. The molecule has 0 spiro atoms. The van der Waals surface area contributed by atoms with Gasteiger partial charge in [-0.05, 0) is 12.3 Å². The first kappa shape index (κ1) is 15.5. The number of amides is 2. The molecule has 1 aliphatic heterocycles. The zero-order valence-corrected chi connectivity index (χ0v) is 11.8. The van der Waals surface area contributed by atoms with Crippen molar-refractivity contribution in [2.24, 2.45) is 11.8 Å². The molecule has 6 heteroatoms. The van der Waals surface area contributed by atoms with Crippen LogP contribution < -0.4 is 0 Å². The maximum atomic E-state index is 12.3. The normalized spacial score (nSPS) is 19.7. The van der Waals surface area contributed by atoms with Gasteiger partial charge in [0.1, 0.15) is 6.54 Å². The largest absolute Gasteiger partial charge is 0.480 e. The minimum absolute atomic E-state index is 0.0515. The van der Waals surface area contributed by atoms with E-state index in [1.807, 2.05) is 13.8 Å². The van der Waals surface area contributed by atoms with E-state index in [0.717, 1.165) is 0 Å². The van der Waals surface area contributed by atoms with Crippen LogP contribution in [0.15, 0.2) is 0 Å². The molecule has 1 saturated heterocycles. The molecule has 0 aromatic rings. The SMILES string of the molecule is CC(C)CN(CC(=O)O)C(=O)[C@@H]1CCN(C)C(=O)C1. The Morgan fingerprint density at radius 2 is 2.11 bits per heavy atom. The summed E-state index contributed by atoms with van der Waals surface area (Å²) in [5.41, 5.74) is 0. The molecule has 2 amide bonds. The number of aliphatic carboxylic acids is 1. The Morgan fingerprint density at radius 3 is 2.58 bits per heavy atom. The molecule has 1 rings (SSSR count). The number of nitrogens with zero attached hydrogens (tertiary/aromatic N) is 2. The van der Waals surface area contributed by atoms with Crippen molar-refractivity contribution in [2.75, 3.05) is 26.7 Å². The lowest BCUT2D eigenvalue weighted by atomic mass is 9.94. The monoisotopic (exact) mass is 270 g/mol. The lowest BCUT2D eigenvalue weighted by Gasteiger charge is -2.32. The van der Waals surface area contributed by atoms with Gasteiger partial charge in [0, 0.05) is 32.5 Å². The van der Waals surface area contributed by atoms with Crippen LogP contribution in [-0.2, 0) is 14.4 Å². The van der Waals surface area contributed by atoms with Crippen molar-refractivity contribution in [1.29, 1.82) is 0 Å². The molecule has 0 aromatic heterocycles. The van der Waals surface area contributed by atoms with Crippen LogP contribution in [0, 0.1) is 11.8 Å². The van der Waals surface area contributed by atoms with E-state index >= 15 is 0 Å². The summed E-state index contributed by atoms with van der Waals surface area (Å²) in [5.74, 6) is -1.46. The number of carbonyl (C=O) groups is 3. The molecule has 0 saturated carbocycles. The molecule has 19 heavy (non-hydrogen) atoms. The van der Waals surface area contributed by atoms with Gasteiger partial charge < -0.3 is 14.9 Å². The van der Waals surface area contributed by atoms with E-state index in [0.29, 0.717) is 19.5 Å². The van der Waals surface area contributed by atoms with Gasteiger partial charge in [-0.15, -0.1) is 0 Å². The molecule has 1 atom stereocenters. The molecule has 0 unspecified atom stereocenters. The van der Waals surface area contributed by atoms with E-state index in [1.165, 1.54) is 4.90 Å². The lowest BCUT2D eigenvalue weighted by molar-refractivity contribution is -0.149. The Morgan fingerprint density at radius 1 is 1.47 bits per heavy atom. The van der Waals surface area contributed by atoms with Crippen LogP contribution in [0.25, 0.3) is 0 Å². The van der Waals surface area contributed by atoms with Gasteiger partial charge in [-0.3, -0.25) is 14.4 Å². The van der Waals surface area contributed by atoms with Crippen molar-refractivity contribution in [1.82, 2.24) is 9.80 Å². The molecular formula is C13H22N2O4. The number of hydrogen-bond donors (Lipinski definition) is 1. The molecule has 0 aliphatic carbocycles. The maximum Gasteiger partial charge on any atom is 0.323 e. The highest BCUT2D eigenvalue weighted by atomic mass is 16.4.